The molecule has 2 fully saturated rings. The first-order chi connectivity index (χ1) is 14.6. The van der Waals surface area contributed by atoms with Gasteiger partial charge in [-0.15, -0.1) is 0 Å². The molecular weight excluding hydrogens is 387 g/mol. The molecule has 6 nitrogen and oxygen atoms in total. The van der Waals surface area contributed by atoms with E-state index < -0.39 is 23.5 Å². The van der Waals surface area contributed by atoms with Crippen molar-refractivity contribution in [2.45, 2.75) is 6.04 Å². The summed E-state index contributed by atoms with van der Waals surface area (Å²) in [6, 6.07) is 13.6. The predicted octanol–water partition coefficient (Wildman–Crippen LogP) is 1.16. The van der Waals surface area contributed by atoms with Gasteiger partial charge in [0.1, 0.15) is 24.7 Å². The van der Waals surface area contributed by atoms with Crippen LogP contribution in [0.4, 0.5) is 4.39 Å². The zero-order valence-electron chi connectivity index (χ0n) is 16.5. The fraction of sp³-hybridized carbons (Fsp3) is 0.304. The van der Waals surface area contributed by atoms with E-state index in [1.807, 2.05) is 0 Å². The minimum atomic E-state index is -0.966. The molecule has 0 radical (unpaired) electrons. The number of carbonyl (C=O) groups excluding carboxylic acids is 2. The van der Waals surface area contributed by atoms with Gasteiger partial charge in [-0.3, -0.25) is 9.59 Å². The average Bonchev–Trinajstić information content (AvgIpc) is 3.03. The van der Waals surface area contributed by atoms with Crippen LogP contribution in [0, 0.1) is 5.82 Å². The predicted molar refractivity (Wildman–Crippen MR) is 108 cm³/mol. The molecular formula is C23H24FN2O4+. The van der Waals surface area contributed by atoms with Crippen molar-refractivity contribution in [3.8, 4) is 0 Å². The topological polar surface area (TPSA) is 71.3 Å². The van der Waals surface area contributed by atoms with Gasteiger partial charge < -0.3 is 19.6 Å². The Morgan fingerprint density at radius 1 is 1.07 bits per heavy atom. The van der Waals surface area contributed by atoms with E-state index in [4.69, 9.17) is 4.74 Å². The molecule has 156 valence electrons. The molecule has 4 rings (SSSR count). The molecule has 30 heavy (non-hydrogen) atoms. The van der Waals surface area contributed by atoms with E-state index in [0.29, 0.717) is 25.3 Å². The molecule has 0 saturated carbocycles. The van der Waals surface area contributed by atoms with Crippen LogP contribution in [0.3, 0.4) is 0 Å². The first-order valence-corrected chi connectivity index (χ1v) is 10.1. The monoisotopic (exact) mass is 411 g/mol. The zero-order chi connectivity index (χ0) is 21.1. The number of amides is 1. The Kier molecular flexibility index (Phi) is 5.92. The summed E-state index contributed by atoms with van der Waals surface area (Å²) in [6.07, 6.45) is 0. The van der Waals surface area contributed by atoms with Crippen LogP contribution < -0.4 is 4.90 Å². The first kappa shape index (κ1) is 20.3. The van der Waals surface area contributed by atoms with Crippen LogP contribution >= 0.6 is 0 Å². The highest BCUT2D eigenvalue weighted by Gasteiger charge is 2.47. The number of likely N-dealkylation sites (tertiary alicyclic amines) is 1. The third kappa shape index (κ3) is 3.86. The van der Waals surface area contributed by atoms with Crippen molar-refractivity contribution in [2.24, 2.45) is 0 Å². The molecule has 2 aromatic rings. The van der Waals surface area contributed by atoms with Gasteiger partial charge in [0.25, 0.3) is 11.7 Å². The van der Waals surface area contributed by atoms with Crippen molar-refractivity contribution in [2.75, 3.05) is 39.4 Å². The van der Waals surface area contributed by atoms with Crippen LogP contribution in [-0.4, -0.2) is 61.1 Å². The number of ketones is 1. The Balaban J connectivity index is 1.74. The fourth-order valence-electron chi connectivity index (χ4n) is 4.07. The second-order valence-electron chi connectivity index (χ2n) is 7.49. The number of rotatable bonds is 5. The standard InChI is InChI=1S/C23H23FN2O4/c24-18-9-5-4-8-17(18)20-19(21(27)16-6-2-1-3-7-16)22(28)23(29)26(20)11-10-25-12-14-30-15-13-25/h1-9,20,27H,10-15H2/p+1. The molecule has 2 aliphatic heterocycles. The lowest BCUT2D eigenvalue weighted by Gasteiger charge is -2.29. The van der Waals surface area contributed by atoms with Crippen LogP contribution in [0.2, 0.25) is 0 Å². The number of quaternary nitrogens is 1. The third-order valence-electron chi connectivity index (χ3n) is 5.69. The van der Waals surface area contributed by atoms with Crippen LogP contribution in [0.1, 0.15) is 17.2 Å². The van der Waals surface area contributed by atoms with Crippen molar-refractivity contribution in [3.63, 3.8) is 0 Å². The van der Waals surface area contributed by atoms with Crippen molar-refractivity contribution < 1.29 is 28.7 Å². The van der Waals surface area contributed by atoms with E-state index in [1.165, 1.54) is 15.9 Å². The van der Waals surface area contributed by atoms with E-state index in [-0.39, 0.29) is 23.4 Å². The first-order valence-electron chi connectivity index (χ1n) is 10.1. The van der Waals surface area contributed by atoms with Crippen molar-refractivity contribution in [1.82, 2.24) is 4.90 Å². The van der Waals surface area contributed by atoms with Crippen LogP contribution in [0.25, 0.3) is 5.76 Å². The summed E-state index contributed by atoms with van der Waals surface area (Å²) in [7, 11) is 0. The normalized spacial score (nSPS) is 21.9. The second-order valence-corrected chi connectivity index (χ2v) is 7.49. The molecule has 0 aliphatic carbocycles. The molecule has 0 bridgehead atoms. The van der Waals surface area contributed by atoms with Crippen LogP contribution in [0.15, 0.2) is 60.2 Å². The Hall–Kier alpha value is -3.03. The fourth-order valence-corrected chi connectivity index (χ4v) is 4.07. The smallest absolute Gasteiger partial charge is 0.295 e. The largest absolute Gasteiger partial charge is 0.507 e. The number of aliphatic hydroxyl groups is 1. The molecule has 0 spiro atoms. The summed E-state index contributed by atoms with van der Waals surface area (Å²) < 4.78 is 20.1. The summed E-state index contributed by atoms with van der Waals surface area (Å²) in [4.78, 5) is 28.5. The van der Waals surface area contributed by atoms with Gasteiger partial charge in [-0.1, -0.05) is 48.5 Å². The Labute approximate surface area is 174 Å². The Morgan fingerprint density at radius 3 is 2.43 bits per heavy atom. The maximum atomic E-state index is 14.7. The number of nitrogens with one attached hydrogen (secondary N) is 1. The molecule has 1 atom stereocenters. The molecule has 1 amide bonds. The molecule has 2 saturated heterocycles. The lowest BCUT2D eigenvalue weighted by atomic mass is 9.95. The van der Waals surface area contributed by atoms with Gasteiger partial charge in [0.15, 0.2) is 0 Å². The van der Waals surface area contributed by atoms with Crippen LogP contribution in [0.5, 0.6) is 0 Å². The van der Waals surface area contributed by atoms with Gasteiger partial charge in [-0.2, -0.15) is 0 Å². The highest BCUT2D eigenvalue weighted by atomic mass is 19.1. The van der Waals surface area contributed by atoms with Gasteiger partial charge in [0.05, 0.1) is 37.9 Å². The summed E-state index contributed by atoms with van der Waals surface area (Å²) in [6.45, 7) is 3.84. The number of hydrogen-bond donors (Lipinski definition) is 2. The number of morpholine rings is 1. The lowest BCUT2D eigenvalue weighted by Crippen LogP contribution is -3.14. The molecule has 2 aromatic carbocycles. The van der Waals surface area contributed by atoms with Gasteiger partial charge >= 0.3 is 0 Å². The summed E-state index contributed by atoms with van der Waals surface area (Å²) >= 11 is 0. The van der Waals surface area contributed by atoms with E-state index >= 15 is 0 Å². The van der Waals surface area contributed by atoms with Gasteiger partial charge in [0.2, 0.25) is 0 Å². The maximum absolute atomic E-state index is 14.7. The molecule has 2 aliphatic rings. The minimum absolute atomic E-state index is 0.0757. The SMILES string of the molecule is O=C1C(=O)N(CC[NH+]2CCOCC2)C(c2ccccc2F)C1=C(O)c1ccccc1. The highest BCUT2D eigenvalue weighted by molar-refractivity contribution is 6.46. The number of nitrogens with zero attached hydrogens (tertiary/aromatic N) is 1. The molecule has 1 unspecified atom stereocenters. The molecule has 2 heterocycles. The number of carbonyl (C=O) groups is 2. The van der Waals surface area contributed by atoms with Crippen molar-refractivity contribution in [1.29, 1.82) is 0 Å². The minimum Gasteiger partial charge on any atom is -0.507 e. The zero-order valence-corrected chi connectivity index (χ0v) is 16.5. The summed E-state index contributed by atoms with van der Waals surface area (Å²) in [5.74, 6) is -2.31. The number of ether oxygens (including phenoxy) is 1. The average molecular weight is 411 g/mol. The quantitative estimate of drug-likeness (QED) is 0.440. The number of hydrogen-bond acceptors (Lipinski definition) is 4. The van der Waals surface area contributed by atoms with E-state index in [2.05, 4.69) is 0 Å². The van der Waals surface area contributed by atoms with Crippen molar-refractivity contribution in [3.05, 3.63) is 77.1 Å². The van der Waals surface area contributed by atoms with Gasteiger partial charge in [-0.25, -0.2) is 4.39 Å². The lowest BCUT2D eigenvalue weighted by molar-refractivity contribution is -0.907. The maximum Gasteiger partial charge on any atom is 0.295 e. The number of halogens is 1. The van der Waals surface area contributed by atoms with E-state index in [0.717, 1.165) is 13.1 Å². The van der Waals surface area contributed by atoms with Crippen LogP contribution in [-0.2, 0) is 14.3 Å². The molecule has 2 N–H and O–H groups in total. The number of benzene rings is 2. The second kappa shape index (κ2) is 8.77. The summed E-state index contributed by atoms with van der Waals surface area (Å²) in [5, 5.41) is 10.9. The van der Waals surface area contributed by atoms with E-state index in [9.17, 15) is 19.1 Å². The number of aliphatic hydroxyl groups excluding tert-OH is 1. The van der Waals surface area contributed by atoms with E-state index in [1.54, 1.807) is 48.5 Å². The highest BCUT2D eigenvalue weighted by Crippen LogP contribution is 2.39. The molecule has 7 heteroatoms. The number of Topliss-reactive ketones (excluding diaryl/α,β-unsaturated/α-hetero) is 1. The summed E-state index contributed by atoms with van der Waals surface area (Å²) in [5.41, 5.74) is 0.537. The third-order valence-corrected chi connectivity index (χ3v) is 5.69. The van der Waals surface area contributed by atoms with Gasteiger partial charge in [-0.05, 0) is 6.07 Å². The Morgan fingerprint density at radius 2 is 1.73 bits per heavy atom. The van der Waals surface area contributed by atoms with Crippen molar-refractivity contribution >= 4 is 17.4 Å². The van der Waals surface area contributed by atoms with Gasteiger partial charge in [0, 0.05) is 11.1 Å². The Bertz CT molecular complexity index is 970. The molecule has 0 aromatic heterocycles.